The summed E-state index contributed by atoms with van der Waals surface area (Å²) in [5.74, 6) is -1.72. The molecule has 0 aliphatic carbocycles. The minimum absolute atomic E-state index is 0.429. The maximum Gasteiger partial charge on any atom is 0.304 e. The zero-order valence-electron chi connectivity index (χ0n) is 10.3. The van der Waals surface area contributed by atoms with Crippen molar-refractivity contribution >= 4 is 25.5 Å². The van der Waals surface area contributed by atoms with Crippen molar-refractivity contribution in [3.63, 3.8) is 0 Å². The molecule has 11 heteroatoms. The molecule has 0 amide bonds. The molecule has 0 saturated heterocycles. The van der Waals surface area contributed by atoms with E-state index >= 15 is 0 Å². The number of nitrogens with zero attached hydrogens (tertiary/aromatic N) is 1. The monoisotopic (exact) mass is 336 g/mol. The molecule has 1 aliphatic heterocycles. The molecule has 0 fully saturated rings. The van der Waals surface area contributed by atoms with E-state index in [0.29, 0.717) is 6.07 Å². The van der Waals surface area contributed by atoms with E-state index < -0.39 is 53.0 Å². The molecular weight excluding hydrogens is 327 g/mol. The topological polar surface area (TPSA) is 123 Å². The van der Waals surface area contributed by atoms with Crippen LogP contribution in [0.3, 0.4) is 0 Å². The fraction of sp³-hybridized carbons (Fsp3) is 0.200. The van der Waals surface area contributed by atoms with E-state index in [1.807, 2.05) is 0 Å². The second-order valence-corrected chi connectivity index (χ2v) is 7.90. The summed E-state index contributed by atoms with van der Waals surface area (Å²) in [6.07, 6.45) is 1.16. The zero-order valence-corrected chi connectivity index (χ0v) is 11.9. The lowest BCUT2D eigenvalue weighted by Gasteiger charge is -2.10. The Labute approximate surface area is 119 Å². The van der Waals surface area contributed by atoms with E-state index in [1.165, 1.54) is 0 Å². The van der Waals surface area contributed by atoms with Crippen molar-refractivity contribution in [2.45, 2.75) is 10.9 Å². The summed E-state index contributed by atoms with van der Waals surface area (Å²) in [6.45, 7) is 0. The molecule has 1 N–H and O–H groups in total. The minimum atomic E-state index is -4.19. The lowest BCUT2D eigenvalue weighted by atomic mass is 10.3. The first-order valence-corrected chi connectivity index (χ1v) is 8.68. The highest BCUT2D eigenvalue weighted by molar-refractivity contribution is 7.94. The lowest BCUT2D eigenvalue weighted by molar-refractivity contribution is -0.387. The van der Waals surface area contributed by atoms with Gasteiger partial charge in [0, 0.05) is 17.5 Å². The Balaban J connectivity index is 2.27. The number of sulfonamides is 1. The molecule has 0 bridgehead atoms. The molecular formula is C10H9FN2O6S2. The van der Waals surface area contributed by atoms with Crippen LogP contribution in [0.1, 0.15) is 0 Å². The summed E-state index contributed by atoms with van der Waals surface area (Å²) in [5.41, 5.74) is -0.850. The normalized spacial score (nSPS) is 20.5. The van der Waals surface area contributed by atoms with Gasteiger partial charge in [0.15, 0.2) is 9.84 Å². The fourth-order valence-electron chi connectivity index (χ4n) is 1.72. The number of hydrogen-bond acceptors (Lipinski definition) is 6. The van der Waals surface area contributed by atoms with E-state index in [0.717, 1.165) is 23.6 Å². The molecule has 0 saturated carbocycles. The van der Waals surface area contributed by atoms with Crippen LogP contribution in [-0.4, -0.2) is 33.6 Å². The molecule has 2 rings (SSSR count). The van der Waals surface area contributed by atoms with Crippen LogP contribution >= 0.6 is 0 Å². The summed E-state index contributed by atoms with van der Waals surface area (Å²) in [4.78, 5) is 8.95. The van der Waals surface area contributed by atoms with Crippen LogP contribution < -0.4 is 4.72 Å². The first-order chi connectivity index (χ1) is 9.61. The Hall–Kier alpha value is -1.85. The Morgan fingerprint density at radius 2 is 2.05 bits per heavy atom. The first kappa shape index (κ1) is 15.5. The van der Waals surface area contributed by atoms with Gasteiger partial charge in [-0.25, -0.2) is 21.6 Å². The van der Waals surface area contributed by atoms with Gasteiger partial charge >= 0.3 is 5.69 Å². The maximum atomic E-state index is 13.4. The Morgan fingerprint density at radius 1 is 1.38 bits per heavy atom. The van der Waals surface area contributed by atoms with Gasteiger partial charge in [0.05, 0.1) is 21.6 Å². The molecule has 1 unspecified atom stereocenters. The summed E-state index contributed by atoms with van der Waals surface area (Å²) in [5, 5.41) is 11.3. The zero-order chi connectivity index (χ0) is 15.8. The SMILES string of the molecule is O=[N+]([O-])c1ccc(S(=O)(=O)NC2C=CS(=O)(=O)C2)cc1F. The first-order valence-electron chi connectivity index (χ1n) is 5.48. The van der Waals surface area contributed by atoms with Crippen LogP contribution in [0.2, 0.25) is 0 Å². The van der Waals surface area contributed by atoms with Crippen molar-refractivity contribution in [3.8, 4) is 0 Å². The van der Waals surface area contributed by atoms with Crippen LogP contribution in [0, 0.1) is 15.9 Å². The number of benzene rings is 1. The van der Waals surface area contributed by atoms with Gasteiger partial charge in [-0.2, -0.15) is 4.39 Å². The minimum Gasteiger partial charge on any atom is -0.258 e. The van der Waals surface area contributed by atoms with Crippen molar-refractivity contribution in [1.29, 1.82) is 0 Å². The van der Waals surface area contributed by atoms with Gasteiger partial charge in [-0.05, 0) is 6.07 Å². The number of nitrogens with one attached hydrogen (secondary N) is 1. The highest BCUT2D eigenvalue weighted by atomic mass is 32.2. The number of hydrogen-bond donors (Lipinski definition) is 1. The molecule has 21 heavy (non-hydrogen) atoms. The second-order valence-electron chi connectivity index (χ2n) is 4.26. The van der Waals surface area contributed by atoms with Gasteiger partial charge in [0.25, 0.3) is 0 Å². The van der Waals surface area contributed by atoms with Crippen LogP contribution in [0.25, 0.3) is 0 Å². The molecule has 0 aromatic heterocycles. The van der Waals surface area contributed by atoms with E-state index in [2.05, 4.69) is 4.72 Å². The number of halogens is 1. The molecule has 1 heterocycles. The third kappa shape index (κ3) is 3.43. The molecule has 1 aliphatic rings. The van der Waals surface area contributed by atoms with E-state index in [9.17, 15) is 31.3 Å². The summed E-state index contributed by atoms with van der Waals surface area (Å²) < 4.78 is 61.8. The highest BCUT2D eigenvalue weighted by Gasteiger charge is 2.28. The Morgan fingerprint density at radius 3 is 2.52 bits per heavy atom. The number of sulfone groups is 1. The summed E-state index contributed by atoms with van der Waals surface area (Å²) in [7, 11) is -7.63. The fourth-order valence-corrected chi connectivity index (χ4v) is 4.26. The van der Waals surface area contributed by atoms with Crippen LogP contribution in [0.4, 0.5) is 10.1 Å². The standard InChI is InChI=1S/C10H9FN2O6S2/c11-9-5-8(1-2-10(9)13(14)15)21(18,19)12-7-3-4-20(16,17)6-7/h1-5,7,12H,6H2. The molecule has 114 valence electrons. The number of nitro groups is 1. The third-order valence-corrected chi connectivity index (χ3v) is 5.55. The molecule has 1 aromatic carbocycles. The predicted molar refractivity (Wildman–Crippen MR) is 70.1 cm³/mol. The molecule has 0 radical (unpaired) electrons. The molecule has 8 nitrogen and oxygen atoms in total. The maximum absolute atomic E-state index is 13.4. The number of rotatable bonds is 4. The van der Waals surface area contributed by atoms with Gasteiger partial charge < -0.3 is 0 Å². The van der Waals surface area contributed by atoms with Crippen molar-refractivity contribution in [2.24, 2.45) is 0 Å². The van der Waals surface area contributed by atoms with E-state index in [1.54, 1.807) is 0 Å². The average Bonchev–Trinajstić information content (AvgIpc) is 2.67. The second kappa shape index (κ2) is 5.16. The Bertz CT molecular complexity index is 831. The van der Waals surface area contributed by atoms with Gasteiger partial charge in [-0.15, -0.1) is 0 Å². The average molecular weight is 336 g/mol. The van der Waals surface area contributed by atoms with Crippen molar-refractivity contribution in [3.05, 3.63) is 45.6 Å². The largest absolute Gasteiger partial charge is 0.304 e. The van der Waals surface area contributed by atoms with Crippen LogP contribution in [0.15, 0.2) is 34.6 Å². The third-order valence-electron chi connectivity index (χ3n) is 2.66. The van der Waals surface area contributed by atoms with Crippen LogP contribution in [0.5, 0.6) is 0 Å². The van der Waals surface area contributed by atoms with Gasteiger partial charge in [0.2, 0.25) is 15.8 Å². The van der Waals surface area contributed by atoms with Gasteiger partial charge in [-0.3, -0.25) is 10.1 Å². The summed E-state index contributed by atoms with van der Waals surface area (Å²) >= 11 is 0. The van der Waals surface area contributed by atoms with Gasteiger partial charge in [0.1, 0.15) is 0 Å². The smallest absolute Gasteiger partial charge is 0.258 e. The highest BCUT2D eigenvalue weighted by Crippen LogP contribution is 2.21. The lowest BCUT2D eigenvalue weighted by Crippen LogP contribution is -2.35. The van der Waals surface area contributed by atoms with Crippen molar-refractivity contribution < 1.29 is 26.1 Å². The molecule has 0 spiro atoms. The summed E-state index contributed by atoms with van der Waals surface area (Å²) in [6, 6.07) is 1.15. The molecule has 1 aromatic rings. The van der Waals surface area contributed by atoms with Gasteiger partial charge in [-0.1, -0.05) is 6.08 Å². The van der Waals surface area contributed by atoms with Crippen LogP contribution in [-0.2, 0) is 19.9 Å². The number of nitro benzene ring substituents is 1. The Kier molecular flexibility index (Phi) is 3.82. The quantitative estimate of drug-likeness (QED) is 0.624. The van der Waals surface area contributed by atoms with Crippen molar-refractivity contribution in [1.82, 2.24) is 4.72 Å². The van der Waals surface area contributed by atoms with Crippen molar-refractivity contribution in [2.75, 3.05) is 5.75 Å². The molecule has 1 atom stereocenters. The van der Waals surface area contributed by atoms with E-state index in [4.69, 9.17) is 0 Å². The predicted octanol–water partition coefficient (Wildman–Crippen LogP) is 0.323. The van der Waals surface area contributed by atoms with E-state index in [-0.39, 0.29) is 0 Å².